The molecular formula is C15H20N2O2. The summed E-state index contributed by atoms with van der Waals surface area (Å²) in [5.41, 5.74) is 1.34. The summed E-state index contributed by atoms with van der Waals surface area (Å²) >= 11 is 0. The molecule has 4 heteroatoms. The van der Waals surface area contributed by atoms with Crippen molar-refractivity contribution in [1.29, 1.82) is 5.26 Å². The third kappa shape index (κ3) is 3.77. The van der Waals surface area contributed by atoms with Crippen molar-refractivity contribution in [3.8, 4) is 6.07 Å². The Balaban J connectivity index is 1.80. The first kappa shape index (κ1) is 14.0. The van der Waals surface area contributed by atoms with E-state index < -0.39 is 6.10 Å². The minimum Gasteiger partial charge on any atom is -0.387 e. The van der Waals surface area contributed by atoms with E-state index in [2.05, 4.69) is 18.3 Å². The van der Waals surface area contributed by atoms with Gasteiger partial charge in [0.15, 0.2) is 0 Å². The van der Waals surface area contributed by atoms with Crippen LogP contribution < -0.4 is 5.32 Å². The molecule has 2 N–H and O–H groups in total. The van der Waals surface area contributed by atoms with E-state index in [-0.39, 0.29) is 5.60 Å². The van der Waals surface area contributed by atoms with E-state index in [4.69, 9.17) is 10.00 Å². The summed E-state index contributed by atoms with van der Waals surface area (Å²) in [5.74, 6) is 0. The van der Waals surface area contributed by atoms with Crippen LogP contribution in [0.3, 0.4) is 0 Å². The van der Waals surface area contributed by atoms with E-state index in [1.54, 1.807) is 24.3 Å². The van der Waals surface area contributed by atoms with Gasteiger partial charge in [-0.1, -0.05) is 12.1 Å². The minimum atomic E-state index is -0.558. The molecule has 1 fully saturated rings. The molecule has 2 rings (SSSR count). The maximum absolute atomic E-state index is 10.1. The van der Waals surface area contributed by atoms with Crippen LogP contribution in [0.2, 0.25) is 0 Å². The van der Waals surface area contributed by atoms with Crippen molar-refractivity contribution in [2.45, 2.75) is 31.5 Å². The fourth-order valence-electron chi connectivity index (χ4n) is 2.35. The van der Waals surface area contributed by atoms with Crippen molar-refractivity contribution >= 4 is 0 Å². The number of rotatable bonds is 5. The summed E-state index contributed by atoms with van der Waals surface area (Å²) in [4.78, 5) is 0. The van der Waals surface area contributed by atoms with E-state index in [0.717, 1.165) is 31.6 Å². The molecule has 2 atom stereocenters. The van der Waals surface area contributed by atoms with Gasteiger partial charge in [0.2, 0.25) is 0 Å². The first-order chi connectivity index (χ1) is 9.13. The molecule has 0 radical (unpaired) electrons. The molecule has 4 nitrogen and oxygen atoms in total. The van der Waals surface area contributed by atoms with E-state index in [9.17, 15) is 5.11 Å². The number of nitriles is 1. The Bertz CT molecular complexity index is 444. The maximum Gasteiger partial charge on any atom is 0.0991 e. The topological polar surface area (TPSA) is 65.3 Å². The zero-order valence-corrected chi connectivity index (χ0v) is 11.2. The number of aliphatic hydroxyl groups is 1. The van der Waals surface area contributed by atoms with Gasteiger partial charge in [-0.3, -0.25) is 0 Å². The lowest BCUT2D eigenvalue weighted by atomic mass is 10.0. The van der Waals surface area contributed by atoms with Crippen LogP contribution in [0.5, 0.6) is 0 Å². The standard InChI is InChI=1S/C15H20N2O2/c1-15(7-2-8-19-15)11-17-10-14(18)13-5-3-12(9-16)4-6-13/h3-6,14,17-18H,2,7-8,10-11H2,1H3. The third-order valence-corrected chi connectivity index (χ3v) is 3.56. The van der Waals surface area contributed by atoms with Crippen molar-refractivity contribution in [1.82, 2.24) is 5.32 Å². The van der Waals surface area contributed by atoms with Crippen LogP contribution in [0.4, 0.5) is 0 Å². The van der Waals surface area contributed by atoms with Crippen molar-refractivity contribution < 1.29 is 9.84 Å². The molecule has 1 aromatic carbocycles. The van der Waals surface area contributed by atoms with Gasteiger partial charge in [0, 0.05) is 19.7 Å². The largest absolute Gasteiger partial charge is 0.387 e. The zero-order valence-electron chi connectivity index (χ0n) is 11.2. The van der Waals surface area contributed by atoms with Crippen molar-refractivity contribution in [2.24, 2.45) is 0 Å². The molecule has 0 aromatic heterocycles. The third-order valence-electron chi connectivity index (χ3n) is 3.56. The molecule has 2 unspecified atom stereocenters. The summed E-state index contributed by atoms with van der Waals surface area (Å²) < 4.78 is 5.68. The number of hydrogen-bond acceptors (Lipinski definition) is 4. The molecule has 102 valence electrons. The highest BCUT2D eigenvalue weighted by atomic mass is 16.5. The average molecular weight is 260 g/mol. The Morgan fingerprint density at radius 1 is 1.47 bits per heavy atom. The number of nitrogens with zero attached hydrogens (tertiary/aromatic N) is 1. The number of benzene rings is 1. The average Bonchev–Trinajstić information content (AvgIpc) is 2.86. The highest BCUT2D eigenvalue weighted by Crippen LogP contribution is 2.24. The van der Waals surface area contributed by atoms with Gasteiger partial charge in [-0.2, -0.15) is 5.26 Å². The molecule has 0 bridgehead atoms. The lowest BCUT2D eigenvalue weighted by Gasteiger charge is -2.24. The molecule has 1 aliphatic rings. The van der Waals surface area contributed by atoms with Crippen LogP contribution in [0.1, 0.15) is 37.0 Å². The molecule has 1 aliphatic heterocycles. The molecule has 1 saturated heterocycles. The van der Waals surface area contributed by atoms with Crippen LogP contribution in [0, 0.1) is 11.3 Å². The fourth-order valence-corrected chi connectivity index (χ4v) is 2.35. The van der Waals surface area contributed by atoms with E-state index >= 15 is 0 Å². The first-order valence-corrected chi connectivity index (χ1v) is 6.66. The number of ether oxygens (including phenoxy) is 1. The lowest BCUT2D eigenvalue weighted by molar-refractivity contribution is 0.0185. The van der Waals surface area contributed by atoms with Crippen molar-refractivity contribution in [3.63, 3.8) is 0 Å². The smallest absolute Gasteiger partial charge is 0.0991 e. The number of hydrogen-bond donors (Lipinski definition) is 2. The highest BCUT2D eigenvalue weighted by Gasteiger charge is 2.29. The van der Waals surface area contributed by atoms with Gasteiger partial charge in [0.25, 0.3) is 0 Å². The molecule has 0 spiro atoms. The van der Waals surface area contributed by atoms with E-state index in [1.165, 1.54) is 0 Å². The van der Waals surface area contributed by atoms with Gasteiger partial charge in [-0.05, 0) is 37.5 Å². The zero-order chi connectivity index (χ0) is 13.7. The summed E-state index contributed by atoms with van der Waals surface area (Å²) in [5, 5.41) is 22.0. The van der Waals surface area contributed by atoms with Gasteiger partial charge < -0.3 is 15.2 Å². The van der Waals surface area contributed by atoms with Crippen LogP contribution in [-0.2, 0) is 4.74 Å². The van der Waals surface area contributed by atoms with E-state index in [0.29, 0.717) is 12.1 Å². The Hall–Kier alpha value is -1.41. The predicted octanol–water partition coefficient (Wildman–Crippen LogP) is 1.75. The second-order valence-corrected chi connectivity index (χ2v) is 5.28. The second-order valence-electron chi connectivity index (χ2n) is 5.28. The highest BCUT2D eigenvalue weighted by molar-refractivity contribution is 5.32. The molecule has 0 amide bonds. The fraction of sp³-hybridized carbons (Fsp3) is 0.533. The number of aliphatic hydroxyl groups excluding tert-OH is 1. The van der Waals surface area contributed by atoms with Crippen LogP contribution >= 0.6 is 0 Å². The summed E-state index contributed by atoms with van der Waals surface area (Å²) in [7, 11) is 0. The SMILES string of the molecule is CC1(CNCC(O)c2ccc(C#N)cc2)CCCO1. The lowest BCUT2D eigenvalue weighted by Crippen LogP contribution is -2.38. The summed E-state index contributed by atoms with van der Waals surface area (Å²) in [6.45, 7) is 4.17. The van der Waals surface area contributed by atoms with Gasteiger partial charge in [-0.25, -0.2) is 0 Å². The quantitative estimate of drug-likeness (QED) is 0.846. The van der Waals surface area contributed by atoms with Crippen LogP contribution in [0.25, 0.3) is 0 Å². The molecule has 1 heterocycles. The number of nitrogens with one attached hydrogen (secondary N) is 1. The Labute approximate surface area is 114 Å². The Morgan fingerprint density at radius 2 is 2.21 bits per heavy atom. The van der Waals surface area contributed by atoms with Crippen molar-refractivity contribution in [3.05, 3.63) is 35.4 Å². The summed E-state index contributed by atoms with van der Waals surface area (Å²) in [6, 6.07) is 9.09. The molecular weight excluding hydrogens is 240 g/mol. The molecule has 1 aromatic rings. The van der Waals surface area contributed by atoms with Crippen LogP contribution in [0.15, 0.2) is 24.3 Å². The van der Waals surface area contributed by atoms with Gasteiger partial charge in [-0.15, -0.1) is 0 Å². The second kappa shape index (κ2) is 6.16. The van der Waals surface area contributed by atoms with Crippen molar-refractivity contribution in [2.75, 3.05) is 19.7 Å². The first-order valence-electron chi connectivity index (χ1n) is 6.66. The van der Waals surface area contributed by atoms with Crippen LogP contribution in [-0.4, -0.2) is 30.4 Å². The summed E-state index contributed by atoms with van der Waals surface area (Å²) in [6.07, 6.45) is 1.61. The Morgan fingerprint density at radius 3 is 2.79 bits per heavy atom. The predicted molar refractivity (Wildman–Crippen MR) is 72.6 cm³/mol. The Kier molecular flexibility index (Phi) is 4.54. The minimum absolute atomic E-state index is 0.0929. The maximum atomic E-state index is 10.1. The molecule has 0 saturated carbocycles. The van der Waals surface area contributed by atoms with Gasteiger partial charge >= 0.3 is 0 Å². The van der Waals surface area contributed by atoms with E-state index in [1.807, 2.05) is 0 Å². The monoisotopic (exact) mass is 260 g/mol. The normalized spacial score (nSPS) is 24.1. The molecule has 19 heavy (non-hydrogen) atoms. The van der Waals surface area contributed by atoms with Gasteiger partial charge in [0.05, 0.1) is 23.3 Å². The van der Waals surface area contributed by atoms with Gasteiger partial charge in [0.1, 0.15) is 0 Å². The molecule has 0 aliphatic carbocycles.